The lowest BCUT2D eigenvalue weighted by Gasteiger charge is -2.28. The highest BCUT2D eigenvalue weighted by Crippen LogP contribution is 2.35. The molecule has 0 saturated heterocycles. The van der Waals surface area contributed by atoms with Crippen molar-refractivity contribution in [1.82, 2.24) is 10.3 Å². The first-order valence-electron chi connectivity index (χ1n) is 6.37. The molecule has 0 fully saturated rings. The summed E-state index contributed by atoms with van der Waals surface area (Å²) in [4.78, 5) is 3.78. The predicted octanol–water partition coefficient (Wildman–Crippen LogP) is 2.76. The van der Waals surface area contributed by atoms with Crippen LogP contribution in [0.5, 0.6) is 0 Å². The molecule has 0 aliphatic carbocycles. The van der Waals surface area contributed by atoms with E-state index in [4.69, 9.17) is 9.47 Å². The van der Waals surface area contributed by atoms with Crippen molar-refractivity contribution in [3.05, 3.63) is 29.6 Å². The number of aromatic nitrogens is 1. The molecule has 1 atom stereocenters. The van der Waals surface area contributed by atoms with Crippen molar-refractivity contribution < 1.29 is 22.6 Å². The molecule has 0 saturated carbocycles. The van der Waals surface area contributed by atoms with Gasteiger partial charge in [-0.25, -0.2) is 0 Å². The minimum Gasteiger partial charge on any atom is -0.351 e. The van der Waals surface area contributed by atoms with Gasteiger partial charge < -0.3 is 14.8 Å². The Kier molecular flexibility index (Phi) is 6.38. The smallest absolute Gasteiger partial charge is 0.351 e. The van der Waals surface area contributed by atoms with Gasteiger partial charge in [0.2, 0.25) is 0 Å². The summed E-state index contributed by atoms with van der Waals surface area (Å²) < 4.78 is 49.9. The quantitative estimate of drug-likeness (QED) is 0.785. The fraction of sp³-hybridized carbons (Fsp3) is 0.615. The molecule has 1 aromatic heterocycles. The highest BCUT2D eigenvalue weighted by atomic mass is 19.4. The van der Waals surface area contributed by atoms with Gasteiger partial charge in [0.25, 0.3) is 0 Å². The highest BCUT2D eigenvalue weighted by Gasteiger charge is 2.37. The van der Waals surface area contributed by atoms with Gasteiger partial charge in [0.1, 0.15) is 0 Å². The lowest BCUT2D eigenvalue weighted by molar-refractivity contribution is -0.158. The third-order valence-electron chi connectivity index (χ3n) is 2.74. The van der Waals surface area contributed by atoms with Crippen LogP contribution in [0.4, 0.5) is 13.2 Å². The maximum atomic E-state index is 13.0. The van der Waals surface area contributed by atoms with E-state index in [0.717, 1.165) is 12.3 Å². The maximum absolute atomic E-state index is 13.0. The Balaban J connectivity index is 3.17. The molecular weight excluding hydrogens is 273 g/mol. The van der Waals surface area contributed by atoms with Crippen molar-refractivity contribution in [1.29, 1.82) is 0 Å². The van der Waals surface area contributed by atoms with E-state index in [2.05, 4.69) is 10.3 Å². The number of alkyl halides is 3. The summed E-state index contributed by atoms with van der Waals surface area (Å²) in [6.45, 7) is 4.19. The second-order valence-electron chi connectivity index (χ2n) is 4.01. The van der Waals surface area contributed by atoms with E-state index in [1.165, 1.54) is 6.20 Å². The van der Waals surface area contributed by atoms with Crippen molar-refractivity contribution in [2.45, 2.75) is 32.4 Å². The molecule has 7 heteroatoms. The summed E-state index contributed by atoms with van der Waals surface area (Å²) in [7, 11) is 1.56. The molecule has 4 nitrogen and oxygen atoms in total. The minimum atomic E-state index is -4.45. The molecule has 1 heterocycles. The van der Waals surface area contributed by atoms with Crippen LogP contribution in [-0.2, 0) is 15.7 Å². The molecule has 0 aliphatic rings. The van der Waals surface area contributed by atoms with Crippen LogP contribution in [0.3, 0.4) is 0 Å². The number of nitrogens with zero attached hydrogens (tertiary/aromatic N) is 1. The van der Waals surface area contributed by atoms with Gasteiger partial charge in [-0.15, -0.1) is 0 Å². The van der Waals surface area contributed by atoms with Crippen molar-refractivity contribution in [3.8, 4) is 0 Å². The molecule has 1 aromatic rings. The van der Waals surface area contributed by atoms with Crippen LogP contribution in [0.15, 0.2) is 18.5 Å². The number of rotatable bonds is 7. The molecule has 0 aromatic carbocycles. The van der Waals surface area contributed by atoms with Crippen LogP contribution in [0.25, 0.3) is 0 Å². The van der Waals surface area contributed by atoms with Crippen LogP contribution in [0, 0.1) is 0 Å². The molecule has 0 bridgehead atoms. The van der Waals surface area contributed by atoms with E-state index >= 15 is 0 Å². The molecule has 0 aliphatic heterocycles. The summed E-state index contributed by atoms with van der Waals surface area (Å²) in [6, 6.07) is 0.203. The fourth-order valence-electron chi connectivity index (χ4n) is 1.92. The number of hydrogen-bond acceptors (Lipinski definition) is 4. The Morgan fingerprint density at radius 2 is 1.85 bits per heavy atom. The van der Waals surface area contributed by atoms with Gasteiger partial charge in [-0.3, -0.25) is 4.98 Å². The predicted molar refractivity (Wildman–Crippen MR) is 68.1 cm³/mol. The molecule has 0 radical (unpaired) electrons. The Labute approximate surface area is 116 Å². The zero-order valence-corrected chi connectivity index (χ0v) is 11.7. The normalized spacial score (nSPS) is 13.8. The van der Waals surface area contributed by atoms with Gasteiger partial charge in [-0.05, 0) is 27.0 Å². The van der Waals surface area contributed by atoms with Crippen LogP contribution in [-0.4, -0.2) is 31.5 Å². The van der Waals surface area contributed by atoms with E-state index in [0.29, 0.717) is 13.2 Å². The van der Waals surface area contributed by atoms with Gasteiger partial charge in [0.05, 0.1) is 11.6 Å². The van der Waals surface area contributed by atoms with Crippen molar-refractivity contribution in [2.75, 3.05) is 20.3 Å². The number of hydrogen-bond donors (Lipinski definition) is 1. The standard InChI is InChI=1S/C13H19F3N2O2/c1-4-19-12(20-5-2)11(17-3)9-8-18-7-6-10(9)13(14,15)16/h6-8,11-12,17H,4-5H2,1-3H3. The fourth-order valence-corrected chi connectivity index (χ4v) is 1.92. The van der Waals surface area contributed by atoms with Gasteiger partial charge in [0.15, 0.2) is 6.29 Å². The average molecular weight is 292 g/mol. The topological polar surface area (TPSA) is 43.4 Å². The first kappa shape index (κ1) is 16.9. The van der Waals surface area contributed by atoms with Crippen molar-refractivity contribution in [2.24, 2.45) is 0 Å². The molecule has 1 N–H and O–H groups in total. The average Bonchev–Trinajstić information content (AvgIpc) is 2.39. The molecular formula is C13H19F3N2O2. The number of likely N-dealkylation sites (N-methyl/N-ethyl adjacent to an activating group) is 1. The summed E-state index contributed by atoms with van der Waals surface area (Å²) in [5.41, 5.74) is -0.731. The molecule has 0 spiro atoms. The van der Waals surface area contributed by atoms with E-state index in [1.807, 2.05) is 0 Å². The first-order chi connectivity index (χ1) is 9.45. The van der Waals surface area contributed by atoms with Gasteiger partial charge in [-0.1, -0.05) is 0 Å². The van der Waals surface area contributed by atoms with E-state index in [1.54, 1.807) is 20.9 Å². The monoisotopic (exact) mass is 292 g/mol. The summed E-state index contributed by atoms with van der Waals surface area (Å²) >= 11 is 0. The first-order valence-corrected chi connectivity index (χ1v) is 6.37. The molecule has 20 heavy (non-hydrogen) atoms. The lowest BCUT2D eigenvalue weighted by Crippen LogP contribution is -2.35. The zero-order chi connectivity index (χ0) is 15.2. The van der Waals surface area contributed by atoms with Crippen LogP contribution < -0.4 is 5.32 Å². The van der Waals surface area contributed by atoms with E-state index in [-0.39, 0.29) is 5.56 Å². The molecule has 1 unspecified atom stereocenters. The largest absolute Gasteiger partial charge is 0.416 e. The van der Waals surface area contributed by atoms with E-state index < -0.39 is 24.1 Å². The van der Waals surface area contributed by atoms with Crippen molar-refractivity contribution in [3.63, 3.8) is 0 Å². The number of pyridine rings is 1. The summed E-state index contributed by atoms with van der Waals surface area (Å²) in [5.74, 6) is 0. The number of halogens is 3. The second kappa shape index (κ2) is 7.56. The van der Waals surface area contributed by atoms with Crippen LogP contribution in [0.2, 0.25) is 0 Å². The van der Waals surface area contributed by atoms with Crippen LogP contribution in [0.1, 0.15) is 31.0 Å². The van der Waals surface area contributed by atoms with Gasteiger partial charge in [0, 0.05) is 31.2 Å². The lowest BCUT2D eigenvalue weighted by atomic mass is 10.0. The summed E-state index contributed by atoms with van der Waals surface area (Å²) in [5, 5.41) is 2.81. The Morgan fingerprint density at radius 3 is 2.30 bits per heavy atom. The zero-order valence-electron chi connectivity index (χ0n) is 11.7. The summed E-state index contributed by atoms with van der Waals surface area (Å²) in [6.07, 6.45) is -2.94. The third kappa shape index (κ3) is 4.16. The van der Waals surface area contributed by atoms with Gasteiger partial charge >= 0.3 is 6.18 Å². The van der Waals surface area contributed by atoms with Crippen molar-refractivity contribution >= 4 is 0 Å². The molecule has 1 rings (SSSR count). The van der Waals surface area contributed by atoms with Crippen LogP contribution >= 0.6 is 0 Å². The Bertz CT molecular complexity index is 407. The number of ether oxygens (including phenoxy) is 2. The van der Waals surface area contributed by atoms with Gasteiger partial charge in [-0.2, -0.15) is 13.2 Å². The maximum Gasteiger partial charge on any atom is 0.416 e. The number of nitrogens with one attached hydrogen (secondary N) is 1. The molecule has 114 valence electrons. The third-order valence-corrected chi connectivity index (χ3v) is 2.74. The Morgan fingerprint density at radius 1 is 1.25 bits per heavy atom. The Hall–Kier alpha value is -1.18. The minimum absolute atomic E-state index is 0.00870. The highest BCUT2D eigenvalue weighted by molar-refractivity contribution is 5.29. The SMILES string of the molecule is CCOC(OCC)C(NC)c1cnccc1C(F)(F)F. The second-order valence-corrected chi connectivity index (χ2v) is 4.01. The molecule has 0 amide bonds. The van der Waals surface area contributed by atoms with E-state index in [9.17, 15) is 13.2 Å².